The molecule has 0 saturated carbocycles. The molecule has 0 saturated heterocycles. The lowest BCUT2D eigenvalue weighted by molar-refractivity contribution is 0.195. The Hall–Kier alpha value is -2.03. The molecule has 0 fully saturated rings. The van der Waals surface area contributed by atoms with Crippen molar-refractivity contribution in [3.63, 3.8) is 0 Å². The molecule has 0 radical (unpaired) electrons. The SMILES string of the molecule is COc1ccc(Oc2cc(C#N)ccc2[C@H](C)O)c(Br)c1. The van der Waals surface area contributed by atoms with E-state index in [0.717, 1.165) is 4.47 Å². The Bertz CT molecular complexity index is 692. The third kappa shape index (κ3) is 3.54. The topological polar surface area (TPSA) is 62.5 Å². The van der Waals surface area contributed by atoms with E-state index in [1.54, 1.807) is 50.4 Å². The zero-order valence-electron chi connectivity index (χ0n) is 11.6. The maximum absolute atomic E-state index is 9.80. The van der Waals surface area contributed by atoms with Gasteiger partial charge in [0.15, 0.2) is 0 Å². The van der Waals surface area contributed by atoms with E-state index in [4.69, 9.17) is 14.7 Å². The summed E-state index contributed by atoms with van der Waals surface area (Å²) in [5.41, 5.74) is 1.09. The predicted molar refractivity (Wildman–Crippen MR) is 82.6 cm³/mol. The molecule has 108 valence electrons. The molecule has 0 aliphatic rings. The fourth-order valence-electron chi connectivity index (χ4n) is 1.85. The molecule has 4 nitrogen and oxygen atoms in total. The lowest BCUT2D eigenvalue weighted by atomic mass is 10.1. The average Bonchev–Trinajstić information content (AvgIpc) is 2.48. The number of methoxy groups -OCH3 is 1. The number of hydrogen-bond acceptors (Lipinski definition) is 4. The number of aliphatic hydroxyl groups excluding tert-OH is 1. The van der Waals surface area contributed by atoms with Crippen LogP contribution in [0.5, 0.6) is 17.2 Å². The second-order valence-electron chi connectivity index (χ2n) is 4.44. The van der Waals surface area contributed by atoms with Crippen LogP contribution in [0.2, 0.25) is 0 Å². The lowest BCUT2D eigenvalue weighted by Crippen LogP contribution is -1.97. The summed E-state index contributed by atoms with van der Waals surface area (Å²) in [7, 11) is 1.59. The molecule has 2 aromatic carbocycles. The van der Waals surface area contributed by atoms with Crippen molar-refractivity contribution in [3.05, 3.63) is 52.0 Å². The predicted octanol–water partition coefficient (Wildman–Crippen LogP) is 4.17. The molecule has 1 atom stereocenters. The van der Waals surface area contributed by atoms with Gasteiger partial charge in [-0.25, -0.2) is 0 Å². The lowest BCUT2D eigenvalue weighted by Gasteiger charge is -2.15. The van der Waals surface area contributed by atoms with Crippen molar-refractivity contribution in [3.8, 4) is 23.3 Å². The van der Waals surface area contributed by atoms with Gasteiger partial charge < -0.3 is 14.6 Å². The molecular weight excluding hydrogens is 334 g/mol. The Morgan fingerprint density at radius 2 is 1.95 bits per heavy atom. The third-order valence-electron chi connectivity index (χ3n) is 2.95. The van der Waals surface area contributed by atoms with E-state index >= 15 is 0 Å². The summed E-state index contributed by atoms with van der Waals surface area (Å²) in [4.78, 5) is 0. The van der Waals surface area contributed by atoms with Gasteiger partial charge in [0.25, 0.3) is 0 Å². The summed E-state index contributed by atoms with van der Waals surface area (Å²) in [5.74, 6) is 1.73. The van der Waals surface area contributed by atoms with E-state index < -0.39 is 6.10 Å². The molecule has 1 N–H and O–H groups in total. The minimum Gasteiger partial charge on any atom is -0.497 e. The fourth-order valence-corrected chi connectivity index (χ4v) is 2.29. The van der Waals surface area contributed by atoms with Crippen molar-refractivity contribution in [2.75, 3.05) is 7.11 Å². The highest BCUT2D eigenvalue weighted by Gasteiger charge is 2.13. The van der Waals surface area contributed by atoms with Crippen molar-refractivity contribution in [2.24, 2.45) is 0 Å². The molecular formula is C16H14BrNO3. The van der Waals surface area contributed by atoms with Crippen LogP contribution < -0.4 is 9.47 Å². The second-order valence-corrected chi connectivity index (χ2v) is 5.29. The molecule has 21 heavy (non-hydrogen) atoms. The van der Waals surface area contributed by atoms with E-state index in [2.05, 4.69) is 22.0 Å². The Labute approximate surface area is 131 Å². The first-order valence-electron chi connectivity index (χ1n) is 6.28. The molecule has 0 aliphatic carbocycles. The Morgan fingerprint density at radius 1 is 1.19 bits per heavy atom. The molecule has 0 aromatic heterocycles. The van der Waals surface area contributed by atoms with Gasteiger partial charge in [-0.1, -0.05) is 6.07 Å². The smallest absolute Gasteiger partial charge is 0.141 e. The fraction of sp³-hybridized carbons (Fsp3) is 0.188. The van der Waals surface area contributed by atoms with Gasteiger partial charge in [-0.15, -0.1) is 0 Å². The quantitative estimate of drug-likeness (QED) is 0.901. The van der Waals surface area contributed by atoms with Crippen LogP contribution in [0, 0.1) is 11.3 Å². The van der Waals surface area contributed by atoms with Crippen LogP contribution in [0.15, 0.2) is 40.9 Å². The minimum absolute atomic E-state index is 0.454. The standard InChI is InChI=1S/C16H14BrNO3/c1-10(19)13-5-3-11(9-18)7-16(13)21-15-6-4-12(20-2)8-14(15)17/h3-8,10,19H,1-2H3/t10-/m0/s1. The van der Waals surface area contributed by atoms with E-state index in [9.17, 15) is 5.11 Å². The normalized spacial score (nSPS) is 11.6. The van der Waals surface area contributed by atoms with Crippen LogP contribution in [0.3, 0.4) is 0 Å². The Kier molecular flexibility index (Phi) is 4.84. The first kappa shape index (κ1) is 15.4. The summed E-state index contributed by atoms with van der Waals surface area (Å²) in [6, 6.07) is 12.3. The van der Waals surface area contributed by atoms with Gasteiger partial charge in [-0.05, 0) is 53.2 Å². The number of nitrogens with zero attached hydrogens (tertiary/aromatic N) is 1. The zero-order chi connectivity index (χ0) is 15.4. The van der Waals surface area contributed by atoms with Crippen molar-refractivity contribution in [1.29, 1.82) is 5.26 Å². The van der Waals surface area contributed by atoms with Crippen LogP contribution in [-0.4, -0.2) is 12.2 Å². The van der Waals surface area contributed by atoms with Crippen LogP contribution in [0.25, 0.3) is 0 Å². The van der Waals surface area contributed by atoms with Gasteiger partial charge in [0, 0.05) is 5.56 Å². The van der Waals surface area contributed by atoms with Crippen molar-refractivity contribution in [2.45, 2.75) is 13.0 Å². The molecule has 0 amide bonds. The van der Waals surface area contributed by atoms with Gasteiger partial charge in [-0.2, -0.15) is 5.26 Å². The summed E-state index contributed by atoms with van der Waals surface area (Å²) >= 11 is 3.41. The summed E-state index contributed by atoms with van der Waals surface area (Å²) in [6.45, 7) is 1.65. The highest BCUT2D eigenvalue weighted by atomic mass is 79.9. The monoisotopic (exact) mass is 347 g/mol. The van der Waals surface area contributed by atoms with Gasteiger partial charge in [0.1, 0.15) is 17.2 Å². The molecule has 0 heterocycles. The molecule has 2 rings (SSSR count). The van der Waals surface area contributed by atoms with Gasteiger partial charge in [0.2, 0.25) is 0 Å². The van der Waals surface area contributed by atoms with Crippen molar-refractivity contribution in [1.82, 2.24) is 0 Å². The highest BCUT2D eigenvalue weighted by molar-refractivity contribution is 9.10. The van der Waals surface area contributed by atoms with Crippen molar-refractivity contribution >= 4 is 15.9 Å². The first-order valence-corrected chi connectivity index (χ1v) is 7.08. The molecule has 0 bridgehead atoms. The average molecular weight is 348 g/mol. The van der Waals surface area contributed by atoms with Gasteiger partial charge in [-0.3, -0.25) is 0 Å². The van der Waals surface area contributed by atoms with Gasteiger partial charge >= 0.3 is 0 Å². The number of rotatable bonds is 4. The van der Waals surface area contributed by atoms with Crippen LogP contribution >= 0.6 is 15.9 Å². The third-order valence-corrected chi connectivity index (χ3v) is 3.57. The molecule has 5 heteroatoms. The summed E-state index contributed by atoms with van der Waals surface area (Å²) in [6.07, 6.45) is -0.690. The van der Waals surface area contributed by atoms with Crippen LogP contribution in [0.4, 0.5) is 0 Å². The number of ether oxygens (including phenoxy) is 2. The summed E-state index contributed by atoms with van der Waals surface area (Å²) < 4.78 is 11.7. The zero-order valence-corrected chi connectivity index (χ0v) is 13.2. The Morgan fingerprint density at radius 3 is 2.52 bits per heavy atom. The number of halogens is 1. The van der Waals surface area contributed by atoms with Crippen LogP contribution in [-0.2, 0) is 0 Å². The number of hydrogen-bond donors (Lipinski definition) is 1. The number of benzene rings is 2. The molecule has 0 aliphatic heterocycles. The highest BCUT2D eigenvalue weighted by Crippen LogP contribution is 2.36. The second kappa shape index (κ2) is 6.61. The molecule has 2 aromatic rings. The Balaban J connectivity index is 2.40. The van der Waals surface area contributed by atoms with Gasteiger partial charge in [0.05, 0.1) is 29.3 Å². The largest absolute Gasteiger partial charge is 0.497 e. The van der Waals surface area contributed by atoms with E-state index in [1.807, 2.05) is 0 Å². The maximum atomic E-state index is 9.80. The van der Waals surface area contributed by atoms with E-state index in [1.165, 1.54) is 0 Å². The van der Waals surface area contributed by atoms with Crippen LogP contribution in [0.1, 0.15) is 24.2 Å². The maximum Gasteiger partial charge on any atom is 0.141 e. The minimum atomic E-state index is -0.690. The van der Waals surface area contributed by atoms with E-state index in [0.29, 0.717) is 28.4 Å². The summed E-state index contributed by atoms with van der Waals surface area (Å²) in [5, 5.41) is 18.8. The number of aliphatic hydroxyl groups is 1. The van der Waals surface area contributed by atoms with Crippen molar-refractivity contribution < 1.29 is 14.6 Å². The van der Waals surface area contributed by atoms with E-state index in [-0.39, 0.29) is 0 Å². The molecule has 0 unspecified atom stereocenters. The number of nitriles is 1. The molecule has 0 spiro atoms. The first-order chi connectivity index (χ1) is 10.0.